The number of rotatable bonds is 7. The van der Waals surface area contributed by atoms with Gasteiger partial charge in [0, 0.05) is 12.1 Å². The normalized spacial score (nSPS) is 14.3. The number of Topliss-reactive ketones (excluding diaryl/α,β-unsaturated/α-hetero) is 1. The van der Waals surface area contributed by atoms with Gasteiger partial charge in [-0.25, -0.2) is 4.39 Å². The lowest BCUT2D eigenvalue weighted by Gasteiger charge is -2.18. The Labute approximate surface area is 131 Å². The summed E-state index contributed by atoms with van der Waals surface area (Å²) in [6.07, 6.45) is -0.706. The fourth-order valence-electron chi connectivity index (χ4n) is 2.37. The molecule has 1 aliphatic rings. The fourth-order valence-corrected chi connectivity index (χ4v) is 2.37. The molecule has 1 atom stereocenters. The molecule has 1 aromatic rings. The number of carboxylic acid groups (broad SMARTS) is 1. The van der Waals surface area contributed by atoms with E-state index in [0.717, 1.165) is 5.56 Å². The molecule has 7 nitrogen and oxygen atoms in total. The van der Waals surface area contributed by atoms with E-state index in [1.807, 2.05) is 0 Å². The number of nitrogens with one attached hydrogen (secondary N) is 1. The molecule has 0 radical (unpaired) electrons. The first-order valence-corrected chi connectivity index (χ1v) is 6.89. The molecule has 1 heterocycles. The van der Waals surface area contributed by atoms with Crippen LogP contribution in [-0.4, -0.2) is 52.8 Å². The van der Waals surface area contributed by atoms with Crippen molar-refractivity contribution in [1.82, 2.24) is 10.2 Å². The summed E-state index contributed by atoms with van der Waals surface area (Å²) in [6.45, 7) is -1.45. The highest BCUT2D eigenvalue weighted by molar-refractivity contribution is 6.00. The van der Waals surface area contributed by atoms with Gasteiger partial charge in [-0.05, 0) is 11.6 Å². The van der Waals surface area contributed by atoms with Crippen molar-refractivity contribution in [2.75, 3.05) is 13.2 Å². The number of carbonyl (C=O) groups is 4. The van der Waals surface area contributed by atoms with Crippen molar-refractivity contribution >= 4 is 23.6 Å². The van der Waals surface area contributed by atoms with E-state index in [2.05, 4.69) is 5.32 Å². The van der Waals surface area contributed by atoms with E-state index in [1.54, 1.807) is 24.3 Å². The van der Waals surface area contributed by atoms with E-state index in [1.165, 1.54) is 4.90 Å². The maximum absolute atomic E-state index is 12.4. The zero-order chi connectivity index (χ0) is 17.0. The maximum Gasteiger partial charge on any atom is 0.305 e. The minimum Gasteiger partial charge on any atom is -0.481 e. The van der Waals surface area contributed by atoms with Crippen molar-refractivity contribution in [3.63, 3.8) is 0 Å². The van der Waals surface area contributed by atoms with Crippen LogP contribution in [0.3, 0.4) is 0 Å². The summed E-state index contributed by atoms with van der Waals surface area (Å²) in [5.41, 5.74) is 1.29. The number of nitrogens with zero attached hydrogens (tertiary/aromatic N) is 1. The Morgan fingerprint density at radius 1 is 1.30 bits per heavy atom. The Bertz CT molecular complexity index is 661. The van der Waals surface area contributed by atoms with Crippen molar-refractivity contribution in [3.05, 3.63) is 35.4 Å². The van der Waals surface area contributed by atoms with Gasteiger partial charge in [-0.2, -0.15) is 0 Å². The van der Waals surface area contributed by atoms with Gasteiger partial charge in [-0.1, -0.05) is 18.2 Å². The van der Waals surface area contributed by atoms with Crippen LogP contribution in [0.1, 0.15) is 22.3 Å². The van der Waals surface area contributed by atoms with Crippen molar-refractivity contribution < 1.29 is 28.7 Å². The van der Waals surface area contributed by atoms with Crippen LogP contribution < -0.4 is 5.32 Å². The first kappa shape index (κ1) is 16.6. The summed E-state index contributed by atoms with van der Waals surface area (Å²) in [4.78, 5) is 47.3. The Morgan fingerprint density at radius 3 is 2.61 bits per heavy atom. The first-order valence-electron chi connectivity index (χ1n) is 6.89. The van der Waals surface area contributed by atoms with Gasteiger partial charge in [0.25, 0.3) is 5.91 Å². The zero-order valence-electron chi connectivity index (χ0n) is 12.1. The van der Waals surface area contributed by atoms with E-state index >= 15 is 0 Å². The Hall–Kier alpha value is -2.77. The maximum atomic E-state index is 12.4. The Morgan fingerprint density at radius 2 is 2.00 bits per heavy atom. The van der Waals surface area contributed by atoms with Crippen LogP contribution in [0.25, 0.3) is 0 Å². The highest BCUT2D eigenvalue weighted by Gasteiger charge is 2.30. The highest BCUT2D eigenvalue weighted by atomic mass is 19.1. The average molecular weight is 322 g/mol. The molecule has 0 bridgehead atoms. The summed E-state index contributed by atoms with van der Waals surface area (Å²) in [5, 5.41) is 10.9. The number of benzene rings is 1. The third kappa shape index (κ3) is 3.91. The lowest BCUT2D eigenvalue weighted by molar-refractivity contribution is -0.140. The number of carbonyl (C=O) groups excluding carboxylic acids is 3. The van der Waals surface area contributed by atoms with Gasteiger partial charge < -0.3 is 15.3 Å². The molecule has 122 valence electrons. The molecule has 0 saturated carbocycles. The van der Waals surface area contributed by atoms with Gasteiger partial charge in [0.05, 0.1) is 6.42 Å². The first-order chi connectivity index (χ1) is 10.9. The molecule has 23 heavy (non-hydrogen) atoms. The summed E-state index contributed by atoms with van der Waals surface area (Å²) < 4.78 is 12.4. The van der Waals surface area contributed by atoms with Crippen molar-refractivity contribution in [2.24, 2.45) is 0 Å². The quantitative estimate of drug-likeness (QED) is 0.743. The molecule has 2 N–H and O–H groups in total. The van der Waals surface area contributed by atoms with E-state index in [0.29, 0.717) is 5.56 Å². The highest BCUT2D eigenvalue weighted by Crippen LogP contribution is 2.21. The average Bonchev–Trinajstić information content (AvgIpc) is 2.82. The summed E-state index contributed by atoms with van der Waals surface area (Å²) in [5.74, 6) is -3.37. The van der Waals surface area contributed by atoms with E-state index < -0.39 is 36.8 Å². The number of hydrogen-bond acceptors (Lipinski definition) is 4. The second-order valence-corrected chi connectivity index (χ2v) is 5.14. The Kier molecular flexibility index (Phi) is 5.05. The van der Waals surface area contributed by atoms with Crippen molar-refractivity contribution in [3.8, 4) is 0 Å². The Balaban J connectivity index is 1.98. The molecule has 8 heteroatoms. The number of ketones is 1. The van der Waals surface area contributed by atoms with E-state index in [4.69, 9.17) is 5.11 Å². The molecule has 1 aromatic carbocycles. The van der Waals surface area contributed by atoms with Gasteiger partial charge >= 0.3 is 5.97 Å². The van der Waals surface area contributed by atoms with E-state index in [-0.39, 0.29) is 19.0 Å². The van der Waals surface area contributed by atoms with Gasteiger partial charge in [0.1, 0.15) is 19.3 Å². The molecule has 2 amide bonds. The second-order valence-electron chi connectivity index (χ2n) is 5.14. The number of amides is 2. The van der Waals surface area contributed by atoms with Gasteiger partial charge in [-0.15, -0.1) is 0 Å². The number of alkyl halides is 1. The van der Waals surface area contributed by atoms with Crippen LogP contribution in [-0.2, 0) is 20.9 Å². The summed E-state index contributed by atoms with van der Waals surface area (Å²) >= 11 is 0. The molecule has 0 aromatic heterocycles. The van der Waals surface area contributed by atoms with Crippen LogP contribution in [0.5, 0.6) is 0 Å². The molecule has 0 spiro atoms. The summed E-state index contributed by atoms with van der Waals surface area (Å²) in [6, 6.07) is 5.47. The molecular weight excluding hydrogens is 307 g/mol. The zero-order valence-corrected chi connectivity index (χ0v) is 12.1. The molecule has 0 aliphatic carbocycles. The molecule has 2 rings (SSSR count). The van der Waals surface area contributed by atoms with Crippen LogP contribution in [0, 0.1) is 0 Å². The van der Waals surface area contributed by atoms with Crippen LogP contribution in [0.15, 0.2) is 24.3 Å². The molecular formula is C15H15FN2O5. The smallest absolute Gasteiger partial charge is 0.305 e. The van der Waals surface area contributed by atoms with Gasteiger partial charge in [0.15, 0.2) is 5.78 Å². The number of fused-ring (bicyclic) bond motifs is 1. The molecule has 1 unspecified atom stereocenters. The molecule has 0 saturated heterocycles. The third-order valence-corrected chi connectivity index (χ3v) is 3.46. The third-order valence-electron chi connectivity index (χ3n) is 3.46. The number of carboxylic acids is 1. The summed E-state index contributed by atoms with van der Waals surface area (Å²) in [7, 11) is 0. The number of halogens is 1. The van der Waals surface area contributed by atoms with E-state index in [9.17, 15) is 23.6 Å². The van der Waals surface area contributed by atoms with Crippen LogP contribution in [0.4, 0.5) is 4.39 Å². The second kappa shape index (κ2) is 6.99. The van der Waals surface area contributed by atoms with Crippen molar-refractivity contribution in [2.45, 2.75) is 19.0 Å². The topological polar surface area (TPSA) is 104 Å². The number of aliphatic carboxylic acids is 1. The van der Waals surface area contributed by atoms with Gasteiger partial charge in [0.2, 0.25) is 5.91 Å². The lowest BCUT2D eigenvalue weighted by atomic mass is 10.1. The standard InChI is InChI=1S/C15H15FN2O5/c16-6-12(19)11(5-14(21)22)17-13(20)8-18-7-9-3-1-2-4-10(9)15(18)23/h1-4,11H,5-8H2,(H,17,20)(H,21,22). The molecule has 0 fully saturated rings. The predicted molar refractivity (Wildman–Crippen MR) is 76.3 cm³/mol. The minimum absolute atomic E-state index is 0.253. The number of hydrogen-bond donors (Lipinski definition) is 2. The van der Waals surface area contributed by atoms with Crippen LogP contribution in [0.2, 0.25) is 0 Å². The predicted octanol–water partition coefficient (Wildman–Crippen LogP) is 0.141. The van der Waals surface area contributed by atoms with Crippen molar-refractivity contribution in [1.29, 1.82) is 0 Å². The minimum atomic E-state index is -1.44. The fraction of sp³-hybridized carbons (Fsp3) is 0.333. The SMILES string of the molecule is O=C(O)CC(NC(=O)CN1Cc2ccccc2C1=O)C(=O)CF. The monoisotopic (exact) mass is 322 g/mol. The van der Waals surface area contributed by atoms with Gasteiger partial charge in [-0.3, -0.25) is 19.2 Å². The molecule has 1 aliphatic heterocycles. The van der Waals surface area contributed by atoms with Crippen LogP contribution >= 0.6 is 0 Å². The largest absolute Gasteiger partial charge is 0.481 e. The lowest BCUT2D eigenvalue weighted by Crippen LogP contribution is -2.47.